The number of halogens is 3. The van der Waals surface area contributed by atoms with Gasteiger partial charge in [-0.1, -0.05) is 6.07 Å². The Hall–Kier alpha value is -1.49. The lowest BCUT2D eigenvalue weighted by Crippen LogP contribution is -2.28. The summed E-state index contributed by atoms with van der Waals surface area (Å²) in [6.45, 7) is 5.94. The summed E-state index contributed by atoms with van der Waals surface area (Å²) in [5, 5.41) is 0.212. The number of aromatic nitrogens is 1. The molecule has 19 heavy (non-hydrogen) atoms. The number of fused-ring (bicyclic) bond motifs is 1. The first-order chi connectivity index (χ1) is 8.66. The molecular weight excluding hydrogens is 253 g/mol. The van der Waals surface area contributed by atoms with Crippen LogP contribution in [0.5, 0.6) is 0 Å². The van der Waals surface area contributed by atoms with E-state index in [2.05, 4.69) is 0 Å². The predicted molar refractivity (Wildman–Crippen MR) is 69.8 cm³/mol. The third kappa shape index (κ3) is 2.34. The Kier molecular flexibility index (Phi) is 3.13. The lowest BCUT2D eigenvalue weighted by atomic mass is 9.93. The van der Waals surface area contributed by atoms with Crippen LogP contribution >= 0.6 is 0 Å². The van der Waals surface area contributed by atoms with Gasteiger partial charge in [0.15, 0.2) is 0 Å². The van der Waals surface area contributed by atoms with Crippen molar-refractivity contribution in [3.8, 4) is 0 Å². The Bertz CT molecular complexity index is 603. The number of benzene rings is 1. The molecule has 2 aromatic rings. The zero-order valence-corrected chi connectivity index (χ0v) is 11.2. The molecule has 0 bridgehead atoms. The first-order valence-corrected chi connectivity index (χ1v) is 6.14. The molecule has 104 valence electrons. The van der Waals surface area contributed by atoms with E-state index in [0.717, 1.165) is 6.07 Å². The third-order valence-electron chi connectivity index (χ3n) is 3.25. The number of alkyl halides is 3. The van der Waals surface area contributed by atoms with Crippen molar-refractivity contribution >= 4 is 10.9 Å². The second-order valence-corrected chi connectivity index (χ2v) is 5.25. The fourth-order valence-corrected chi connectivity index (χ4v) is 2.34. The largest absolute Gasteiger partial charge is 0.417 e. The molecule has 2 nitrogen and oxygen atoms in total. The lowest BCUT2D eigenvalue weighted by Gasteiger charge is -2.19. The SMILES string of the molecule is CCn1cc(C(C)(C)N)c2c(C(F)(F)F)cccc21. The molecule has 1 heterocycles. The van der Waals surface area contributed by atoms with Gasteiger partial charge in [-0.25, -0.2) is 0 Å². The van der Waals surface area contributed by atoms with E-state index < -0.39 is 17.3 Å². The van der Waals surface area contributed by atoms with Crippen molar-refractivity contribution in [3.63, 3.8) is 0 Å². The third-order valence-corrected chi connectivity index (χ3v) is 3.25. The molecule has 0 saturated heterocycles. The molecule has 0 aliphatic carbocycles. The minimum Gasteiger partial charge on any atom is -0.347 e. The van der Waals surface area contributed by atoms with Gasteiger partial charge in [0.05, 0.1) is 5.56 Å². The number of rotatable bonds is 2. The summed E-state index contributed by atoms with van der Waals surface area (Å²) in [4.78, 5) is 0. The van der Waals surface area contributed by atoms with Crippen molar-refractivity contribution in [3.05, 3.63) is 35.5 Å². The van der Waals surface area contributed by atoms with Gasteiger partial charge in [-0.3, -0.25) is 0 Å². The highest BCUT2D eigenvalue weighted by Crippen LogP contribution is 2.39. The summed E-state index contributed by atoms with van der Waals surface area (Å²) in [6, 6.07) is 4.24. The molecule has 0 amide bonds. The fourth-order valence-electron chi connectivity index (χ4n) is 2.34. The summed E-state index contributed by atoms with van der Waals surface area (Å²) >= 11 is 0. The summed E-state index contributed by atoms with van der Waals surface area (Å²) < 4.78 is 41.2. The molecule has 0 atom stereocenters. The maximum absolute atomic E-state index is 13.1. The first-order valence-electron chi connectivity index (χ1n) is 6.14. The Morgan fingerprint density at radius 1 is 1.16 bits per heavy atom. The predicted octanol–water partition coefficient (Wildman–Crippen LogP) is 3.87. The van der Waals surface area contributed by atoms with Crippen LogP contribution in [0.1, 0.15) is 31.9 Å². The van der Waals surface area contributed by atoms with Crippen LogP contribution in [0.4, 0.5) is 13.2 Å². The van der Waals surface area contributed by atoms with Crippen molar-refractivity contribution in [1.82, 2.24) is 4.57 Å². The van der Waals surface area contributed by atoms with Crippen LogP contribution < -0.4 is 5.73 Å². The van der Waals surface area contributed by atoms with Crippen LogP contribution in [-0.2, 0) is 18.3 Å². The van der Waals surface area contributed by atoms with Crippen molar-refractivity contribution in [2.45, 2.75) is 39.0 Å². The minimum absolute atomic E-state index is 0.212. The summed E-state index contributed by atoms with van der Waals surface area (Å²) in [6.07, 6.45) is -2.65. The Balaban J connectivity index is 2.90. The van der Waals surface area contributed by atoms with Crippen LogP contribution in [0.15, 0.2) is 24.4 Å². The van der Waals surface area contributed by atoms with Crippen LogP contribution in [0.2, 0.25) is 0 Å². The van der Waals surface area contributed by atoms with Crippen molar-refractivity contribution in [2.24, 2.45) is 5.73 Å². The molecule has 0 fully saturated rings. The zero-order chi connectivity index (χ0) is 14.4. The van der Waals surface area contributed by atoms with Crippen molar-refractivity contribution in [2.75, 3.05) is 0 Å². The summed E-state index contributed by atoms with van der Waals surface area (Å²) in [7, 11) is 0. The average Bonchev–Trinajstić information content (AvgIpc) is 2.65. The molecule has 0 radical (unpaired) electrons. The second-order valence-electron chi connectivity index (χ2n) is 5.25. The van der Waals surface area contributed by atoms with Gasteiger partial charge in [-0.05, 0) is 38.5 Å². The highest BCUT2D eigenvalue weighted by molar-refractivity contribution is 5.88. The van der Waals surface area contributed by atoms with Gasteiger partial charge < -0.3 is 10.3 Å². The molecule has 0 aliphatic heterocycles. The fraction of sp³-hybridized carbons (Fsp3) is 0.429. The standard InChI is InChI=1S/C14H17F3N2/c1-4-19-8-10(13(2,3)18)12-9(14(15,16)17)6-5-7-11(12)19/h5-8H,4,18H2,1-3H3. The molecule has 1 aromatic heterocycles. The second kappa shape index (κ2) is 4.27. The van der Waals surface area contributed by atoms with Crippen LogP contribution in [0.25, 0.3) is 10.9 Å². The Morgan fingerprint density at radius 2 is 1.79 bits per heavy atom. The van der Waals surface area contributed by atoms with Crippen LogP contribution in [0, 0.1) is 0 Å². The number of nitrogens with two attached hydrogens (primary N) is 1. The van der Waals surface area contributed by atoms with Gasteiger partial charge >= 0.3 is 6.18 Å². The summed E-state index contributed by atoms with van der Waals surface area (Å²) in [5.41, 5.74) is 5.68. The van der Waals surface area contributed by atoms with E-state index in [1.807, 2.05) is 6.92 Å². The first kappa shape index (κ1) is 13.9. The highest BCUT2D eigenvalue weighted by Gasteiger charge is 2.35. The van der Waals surface area contributed by atoms with E-state index in [1.165, 1.54) is 6.07 Å². The van der Waals surface area contributed by atoms with E-state index in [9.17, 15) is 13.2 Å². The average molecular weight is 270 g/mol. The van der Waals surface area contributed by atoms with Crippen LogP contribution in [-0.4, -0.2) is 4.57 Å². The van der Waals surface area contributed by atoms with E-state index in [1.54, 1.807) is 30.7 Å². The van der Waals surface area contributed by atoms with Gasteiger partial charge in [-0.15, -0.1) is 0 Å². The van der Waals surface area contributed by atoms with Gasteiger partial charge in [0.25, 0.3) is 0 Å². The van der Waals surface area contributed by atoms with E-state index >= 15 is 0 Å². The highest BCUT2D eigenvalue weighted by atomic mass is 19.4. The summed E-state index contributed by atoms with van der Waals surface area (Å²) in [5.74, 6) is 0. The van der Waals surface area contributed by atoms with E-state index in [4.69, 9.17) is 5.73 Å². The smallest absolute Gasteiger partial charge is 0.347 e. The van der Waals surface area contributed by atoms with Crippen LogP contribution in [0.3, 0.4) is 0 Å². The number of hydrogen-bond donors (Lipinski definition) is 1. The molecular formula is C14H17F3N2. The van der Waals surface area contributed by atoms with E-state index in [-0.39, 0.29) is 5.39 Å². The Labute approximate surface area is 110 Å². The van der Waals surface area contributed by atoms with Gasteiger partial charge in [0.2, 0.25) is 0 Å². The normalized spacial score (nSPS) is 13.2. The van der Waals surface area contributed by atoms with Gasteiger partial charge in [0.1, 0.15) is 0 Å². The number of aryl methyl sites for hydroxylation is 1. The quantitative estimate of drug-likeness (QED) is 0.882. The number of hydrogen-bond acceptors (Lipinski definition) is 1. The monoisotopic (exact) mass is 270 g/mol. The van der Waals surface area contributed by atoms with Gasteiger partial charge in [0, 0.05) is 29.2 Å². The Morgan fingerprint density at radius 3 is 2.26 bits per heavy atom. The van der Waals surface area contributed by atoms with Gasteiger partial charge in [-0.2, -0.15) is 13.2 Å². The maximum atomic E-state index is 13.1. The molecule has 0 spiro atoms. The minimum atomic E-state index is -4.38. The molecule has 1 aromatic carbocycles. The molecule has 5 heteroatoms. The van der Waals surface area contributed by atoms with Crippen molar-refractivity contribution in [1.29, 1.82) is 0 Å². The zero-order valence-electron chi connectivity index (χ0n) is 11.2. The molecule has 2 rings (SSSR count). The topological polar surface area (TPSA) is 30.9 Å². The molecule has 0 unspecified atom stereocenters. The molecule has 0 aliphatic rings. The van der Waals surface area contributed by atoms with Crippen molar-refractivity contribution < 1.29 is 13.2 Å². The van der Waals surface area contributed by atoms with E-state index in [0.29, 0.717) is 17.6 Å². The molecule has 0 saturated carbocycles. The number of nitrogens with zero attached hydrogens (tertiary/aromatic N) is 1. The lowest BCUT2D eigenvalue weighted by molar-refractivity contribution is -0.136. The molecule has 2 N–H and O–H groups in total. The maximum Gasteiger partial charge on any atom is 0.417 e.